The summed E-state index contributed by atoms with van der Waals surface area (Å²) < 4.78 is 37.1. The minimum absolute atomic E-state index is 0.137. The van der Waals surface area contributed by atoms with Crippen LogP contribution in [0.25, 0.3) is 0 Å². The number of nitrogens with one attached hydrogen (secondary N) is 2. The van der Waals surface area contributed by atoms with Gasteiger partial charge in [0.05, 0.1) is 16.5 Å². The molecule has 0 fully saturated rings. The number of carbonyl (C=O) groups excluding carboxylic acids is 1. The molecule has 0 aliphatic rings. The maximum Gasteiger partial charge on any atom is 0.261 e. The lowest BCUT2D eigenvalue weighted by molar-refractivity contribution is -0.127. The first-order valence-corrected chi connectivity index (χ1v) is 10.9. The molecule has 0 aliphatic heterocycles. The maximum absolute atomic E-state index is 12.2. The van der Waals surface area contributed by atoms with Crippen LogP contribution >= 0.6 is 23.2 Å². The van der Waals surface area contributed by atoms with Crippen LogP contribution in [0.2, 0.25) is 10.0 Å². The van der Waals surface area contributed by atoms with Gasteiger partial charge in [0.2, 0.25) is 10.0 Å². The number of hydrogen-bond donors (Lipinski definition) is 2. The van der Waals surface area contributed by atoms with Crippen LogP contribution < -0.4 is 14.8 Å². The monoisotopic (exact) mass is 460 g/mol. The second kappa shape index (κ2) is 10.8. The van der Waals surface area contributed by atoms with Gasteiger partial charge in [0, 0.05) is 25.2 Å². The van der Waals surface area contributed by atoms with E-state index in [1.165, 1.54) is 25.3 Å². The van der Waals surface area contributed by atoms with Gasteiger partial charge in [-0.15, -0.1) is 0 Å². The molecule has 1 atom stereocenters. The molecule has 0 bridgehead atoms. The molecule has 0 saturated carbocycles. The number of benzene rings is 2. The number of hydrogen-bond acceptors (Lipinski definition) is 5. The largest absolute Gasteiger partial charge is 0.479 e. The zero-order valence-corrected chi connectivity index (χ0v) is 18.3. The van der Waals surface area contributed by atoms with Crippen LogP contribution in [-0.4, -0.2) is 40.7 Å². The Kier molecular flexibility index (Phi) is 8.73. The smallest absolute Gasteiger partial charge is 0.261 e. The highest BCUT2D eigenvalue weighted by Gasteiger charge is 2.17. The van der Waals surface area contributed by atoms with E-state index in [0.717, 1.165) is 5.56 Å². The lowest BCUT2D eigenvalue weighted by Gasteiger charge is -2.16. The second-order valence-corrected chi connectivity index (χ2v) is 8.70. The van der Waals surface area contributed by atoms with Gasteiger partial charge in [0.25, 0.3) is 5.91 Å². The third-order valence-corrected chi connectivity index (χ3v) is 5.87. The minimum atomic E-state index is -3.60. The summed E-state index contributed by atoms with van der Waals surface area (Å²) in [6.45, 7) is 2.29. The van der Waals surface area contributed by atoms with E-state index in [9.17, 15) is 13.2 Å². The molecule has 1 unspecified atom stereocenters. The fourth-order valence-corrected chi connectivity index (χ4v) is 3.76. The molecule has 7 nitrogen and oxygen atoms in total. The number of methoxy groups -OCH3 is 1. The number of sulfonamides is 1. The second-order valence-electron chi connectivity index (χ2n) is 6.09. The molecule has 1 amide bonds. The van der Waals surface area contributed by atoms with Crippen molar-refractivity contribution in [3.63, 3.8) is 0 Å². The van der Waals surface area contributed by atoms with Crippen molar-refractivity contribution >= 4 is 39.1 Å². The topological polar surface area (TPSA) is 93.7 Å². The molecule has 10 heteroatoms. The van der Waals surface area contributed by atoms with Crippen molar-refractivity contribution in [3.8, 4) is 5.75 Å². The average Bonchev–Trinajstić information content (AvgIpc) is 2.68. The highest BCUT2D eigenvalue weighted by atomic mass is 35.5. The third-order valence-electron chi connectivity index (χ3n) is 3.87. The molecule has 0 aromatic heterocycles. The van der Waals surface area contributed by atoms with Crippen LogP contribution in [0.5, 0.6) is 5.75 Å². The fourth-order valence-electron chi connectivity index (χ4n) is 2.30. The van der Waals surface area contributed by atoms with Gasteiger partial charge in [-0.2, -0.15) is 0 Å². The van der Waals surface area contributed by atoms with E-state index >= 15 is 0 Å². The van der Waals surface area contributed by atoms with Crippen LogP contribution in [0.15, 0.2) is 47.4 Å². The van der Waals surface area contributed by atoms with Gasteiger partial charge in [-0.25, -0.2) is 13.1 Å². The van der Waals surface area contributed by atoms with E-state index in [2.05, 4.69) is 10.0 Å². The summed E-state index contributed by atoms with van der Waals surface area (Å²) in [4.78, 5) is 12.4. The number of halogens is 2. The molecule has 0 saturated heterocycles. The van der Waals surface area contributed by atoms with E-state index in [-0.39, 0.29) is 30.5 Å². The molecule has 2 N–H and O–H groups in total. The van der Waals surface area contributed by atoms with Crippen LogP contribution in [0.3, 0.4) is 0 Å². The fraction of sp³-hybridized carbons (Fsp3) is 0.316. The lowest BCUT2D eigenvalue weighted by Crippen LogP contribution is -2.36. The summed E-state index contributed by atoms with van der Waals surface area (Å²) in [5, 5.41) is 3.52. The first-order chi connectivity index (χ1) is 13.7. The van der Waals surface area contributed by atoms with Crippen LogP contribution in [0, 0.1) is 0 Å². The summed E-state index contributed by atoms with van der Waals surface area (Å²) >= 11 is 11.9. The van der Waals surface area contributed by atoms with Gasteiger partial charge in [-0.3, -0.25) is 4.79 Å². The van der Waals surface area contributed by atoms with Crippen LogP contribution in [-0.2, 0) is 26.1 Å². The molecule has 29 heavy (non-hydrogen) atoms. The summed E-state index contributed by atoms with van der Waals surface area (Å²) in [7, 11) is -2.10. The minimum Gasteiger partial charge on any atom is -0.479 e. The molecule has 0 spiro atoms. The molecule has 0 heterocycles. The zero-order valence-electron chi connectivity index (χ0n) is 15.9. The standard InChI is InChI=1S/C19H22Cl2N2O5S/c1-13(28-18-8-5-15(20)11-17(18)21)19(24)22-12-14-3-6-16(7-4-14)29(25,26)23-9-10-27-2/h3-8,11,13,23H,9-10,12H2,1-2H3,(H,22,24). The number of carbonyl (C=O) groups is 1. The first-order valence-electron chi connectivity index (χ1n) is 8.70. The average molecular weight is 461 g/mol. The van der Waals surface area contributed by atoms with Crippen molar-refractivity contribution in [3.05, 3.63) is 58.1 Å². The van der Waals surface area contributed by atoms with Crippen LogP contribution in [0.1, 0.15) is 12.5 Å². The van der Waals surface area contributed by atoms with Crippen molar-refractivity contribution in [2.75, 3.05) is 20.3 Å². The Morgan fingerprint density at radius 2 is 1.83 bits per heavy atom. The van der Waals surface area contributed by atoms with Gasteiger partial charge >= 0.3 is 0 Å². The number of rotatable bonds is 10. The van der Waals surface area contributed by atoms with Crippen LogP contribution in [0.4, 0.5) is 0 Å². The lowest BCUT2D eigenvalue weighted by atomic mass is 10.2. The number of amides is 1. The number of ether oxygens (including phenoxy) is 2. The van der Waals surface area contributed by atoms with Crippen molar-refractivity contribution < 1.29 is 22.7 Å². The SMILES string of the molecule is COCCNS(=O)(=O)c1ccc(CNC(=O)C(C)Oc2ccc(Cl)cc2Cl)cc1. The van der Waals surface area contributed by atoms with Crippen molar-refractivity contribution in [2.45, 2.75) is 24.5 Å². The van der Waals surface area contributed by atoms with Gasteiger partial charge < -0.3 is 14.8 Å². The Morgan fingerprint density at radius 3 is 2.45 bits per heavy atom. The van der Waals surface area contributed by atoms with Gasteiger partial charge in [-0.05, 0) is 42.8 Å². The molecular formula is C19H22Cl2N2O5S. The Labute approximate surface area is 180 Å². The summed E-state index contributed by atoms with van der Waals surface area (Å²) in [5.74, 6) is 0.0168. The molecule has 158 valence electrons. The van der Waals surface area contributed by atoms with E-state index < -0.39 is 16.1 Å². The normalized spacial score (nSPS) is 12.4. The van der Waals surface area contributed by atoms with Crippen molar-refractivity contribution in [2.24, 2.45) is 0 Å². The van der Waals surface area contributed by atoms with Gasteiger partial charge in [0.1, 0.15) is 5.75 Å². The Bertz CT molecular complexity index is 936. The zero-order chi connectivity index (χ0) is 21.4. The van der Waals surface area contributed by atoms with Gasteiger partial charge in [-0.1, -0.05) is 35.3 Å². The Hall–Kier alpha value is -1.84. The molecule has 2 rings (SSSR count). The van der Waals surface area contributed by atoms with Crippen molar-refractivity contribution in [1.29, 1.82) is 0 Å². The molecule has 0 aliphatic carbocycles. The Balaban J connectivity index is 1.89. The third kappa shape index (κ3) is 7.17. The molecule has 2 aromatic rings. The summed E-state index contributed by atoms with van der Waals surface area (Å²) in [6.07, 6.45) is -0.779. The molecule has 2 aromatic carbocycles. The highest BCUT2D eigenvalue weighted by molar-refractivity contribution is 7.89. The summed E-state index contributed by atoms with van der Waals surface area (Å²) in [5.41, 5.74) is 0.742. The van der Waals surface area contributed by atoms with E-state index in [1.807, 2.05) is 0 Å². The summed E-state index contributed by atoms with van der Waals surface area (Å²) in [6, 6.07) is 11.0. The quantitative estimate of drug-likeness (QED) is 0.531. The van der Waals surface area contributed by atoms with E-state index in [4.69, 9.17) is 32.7 Å². The van der Waals surface area contributed by atoms with Crippen molar-refractivity contribution in [1.82, 2.24) is 10.0 Å². The Morgan fingerprint density at radius 1 is 1.14 bits per heavy atom. The first kappa shape index (κ1) is 23.4. The molecular weight excluding hydrogens is 439 g/mol. The predicted molar refractivity (Wildman–Crippen MR) is 112 cm³/mol. The van der Waals surface area contributed by atoms with E-state index in [0.29, 0.717) is 15.8 Å². The molecule has 0 radical (unpaired) electrons. The van der Waals surface area contributed by atoms with E-state index in [1.54, 1.807) is 31.2 Å². The van der Waals surface area contributed by atoms with Gasteiger partial charge in [0.15, 0.2) is 6.10 Å². The predicted octanol–water partition coefficient (Wildman–Crippen LogP) is 3.00. The maximum atomic E-state index is 12.2. The highest BCUT2D eigenvalue weighted by Crippen LogP contribution is 2.28.